The fraction of sp³-hybridized carbons (Fsp3) is 0.0870. The van der Waals surface area contributed by atoms with Gasteiger partial charge in [-0.1, -0.05) is 36.4 Å². The number of hydrogen-bond acceptors (Lipinski definition) is 5. The Morgan fingerprint density at radius 3 is 2.42 bits per heavy atom. The van der Waals surface area contributed by atoms with Crippen LogP contribution in [0.4, 0.5) is 23.7 Å². The second-order valence-electron chi connectivity index (χ2n) is 6.93. The summed E-state index contributed by atoms with van der Waals surface area (Å²) in [5.74, 6) is -1.17. The summed E-state index contributed by atoms with van der Waals surface area (Å²) in [5, 5.41) is 1.95. The molecule has 0 saturated carbocycles. The molecule has 0 bridgehead atoms. The molecule has 10 heteroatoms. The highest BCUT2D eigenvalue weighted by Crippen LogP contribution is 2.38. The molecule has 1 aliphatic heterocycles. The normalized spacial score (nSPS) is 15.4. The number of carbonyl (C=O) groups is 3. The van der Waals surface area contributed by atoms with Crippen molar-refractivity contribution in [3.8, 4) is 11.3 Å². The quantitative estimate of drug-likeness (QED) is 0.486. The molecule has 0 spiro atoms. The highest BCUT2D eigenvalue weighted by Gasteiger charge is 2.37. The van der Waals surface area contributed by atoms with Crippen LogP contribution in [0.3, 0.4) is 0 Å². The van der Waals surface area contributed by atoms with Crippen molar-refractivity contribution in [2.75, 3.05) is 11.9 Å². The first-order valence-corrected chi connectivity index (χ1v) is 10.4. The van der Waals surface area contributed by atoms with Crippen LogP contribution in [0.2, 0.25) is 0 Å². The average Bonchev–Trinajstić information content (AvgIpc) is 3.34. The Labute approximate surface area is 190 Å². The standard InChI is InChI=1S/C23H15F3N2O4S/c24-23(25,26)17-9-5-4-8-16(17)18-11-10-15(32-18)12-19-21(30)28(22(31)33-19)13-20(29)27-14-6-2-1-3-7-14/h1-12H,13H2,(H,27,29)/b19-12+. The predicted octanol–water partition coefficient (Wildman–Crippen LogP) is 5.64. The van der Waals surface area contributed by atoms with Crippen molar-refractivity contribution in [2.45, 2.75) is 6.18 Å². The largest absolute Gasteiger partial charge is 0.457 e. The van der Waals surface area contributed by atoms with E-state index >= 15 is 0 Å². The lowest BCUT2D eigenvalue weighted by Gasteiger charge is -2.12. The van der Waals surface area contributed by atoms with Gasteiger partial charge in [0.05, 0.1) is 10.5 Å². The number of carbonyl (C=O) groups excluding carboxylic acids is 3. The number of furan rings is 1. The summed E-state index contributed by atoms with van der Waals surface area (Å²) in [7, 11) is 0. The zero-order chi connectivity index (χ0) is 23.6. The van der Waals surface area contributed by atoms with Gasteiger partial charge >= 0.3 is 6.18 Å². The molecule has 3 amide bonds. The van der Waals surface area contributed by atoms with E-state index in [1.54, 1.807) is 30.3 Å². The van der Waals surface area contributed by atoms with Gasteiger partial charge in [0.1, 0.15) is 18.1 Å². The summed E-state index contributed by atoms with van der Waals surface area (Å²) in [4.78, 5) is 37.9. The molecule has 1 N–H and O–H groups in total. The highest BCUT2D eigenvalue weighted by atomic mass is 32.2. The van der Waals surface area contributed by atoms with Crippen molar-refractivity contribution in [1.82, 2.24) is 4.90 Å². The molecule has 3 aromatic rings. The Balaban J connectivity index is 1.50. The molecule has 2 aromatic carbocycles. The fourth-order valence-electron chi connectivity index (χ4n) is 3.15. The van der Waals surface area contributed by atoms with E-state index in [-0.39, 0.29) is 22.0 Å². The van der Waals surface area contributed by atoms with Crippen LogP contribution in [0, 0.1) is 0 Å². The fourth-order valence-corrected chi connectivity index (χ4v) is 3.97. The van der Waals surface area contributed by atoms with E-state index < -0.39 is 35.3 Å². The van der Waals surface area contributed by atoms with Crippen LogP contribution < -0.4 is 5.32 Å². The number of alkyl halides is 3. The van der Waals surface area contributed by atoms with Crippen molar-refractivity contribution in [1.29, 1.82) is 0 Å². The summed E-state index contributed by atoms with van der Waals surface area (Å²) >= 11 is 0.616. The van der Waals surface area contributed by atoms with Gasteiger partial charge in [0, 0.05) is 17.3 Å². The maximum atomic E-state index is 13.3. The number of thioether (sulfide) groups is 1. The Morgan fingerprint density at radius 2 is 1.70 bits per heavy atom. The molecule has 1 saturated heterocycles. The monoisotopic (exact) mass is 472 g/mol. The molecule has 0 aliphatic carbocycles. The molecule has 1 fully saturated rings. The molecule has 0 radical (unpaired) electrons. The number of halogens is 3. The van der Waals surface area contributed by atoms with E-state index in [1.807, 2.05) is 0 Å². The van der Waals surface area contributed by atoms with Gasteiger partial charge in [-0.25, -0.2) is 0 Å². The number of rotatable bonds is 5. The number of benzene rings is 2. The number of nitrogens with zero attached hydrogens (tertiary/aromatic N) is 1. The first kappa shape index (κ1) is 22.4. The Morgan fingerprint density at radius 1 is 1.00 bits per heavy atom. The Hall–Kier alpha value is -3.79. The zero-order valence-corrected chi connectivity index (χ0v) is 17.6. The van der Waals surface area contributed by atoms with Crippen LogP contribution in [-0.4, -0.2) is 28.5 Å². The second kappa shape index (κ2) is 8.99. The minimum Gasteiger partial charge on any atom is -0.457 e. The van der Waals surface area contributed by atoms with Gasteiger partial charge in [-0.05, 0) is 42.1 Å². The number of para-hydroxylation sites is 1. The van der Waals surface area contributed by atoms with Crippen LogP contribution >= 0.6 is 11.8 Å². The summed E-state index contributed by atoms with van der Waals surface area (Å²) in [6.45, 7) is -0.473. The van der Waals surface area contributed by atoms with E-state index in [1.165, 1.54) is 36.4 Å². The van der Waals surface area contributed by atoms with Crippen molar-refractivity contribution >= 4 is 40.6 Å². The van der Waals surface area contributed by atoms with E-state index in [0.29, 0.717) is 17.4 Å². The Bertz CT molecular complexity index is 1250. The molecule has 0 atom stereocenters. The third-order valence-corrected chi connectivity index (χ3v) is 5.54. The van der Waals surface area contributed by atoms with Crippen molar-refractivity contribution < 1.29 is 32.0 Å². The molecule has 6 nitrogen and oxygen atoms in total. The number of nitrogens with one attached hydrogen (secondary N) is 1. The van der Waals surface area contributed by atoms with Crippen LogP contribution in [-0.2, 0) is 15.8 Å². The van der Waals surface area contributed by atoms with E-state index in [4.69, 9.17) is 4.42 Å². The number of anilines is 1. The van der Waals surface area contributed by atoms with Gasteiger partial charge in [0.25, 0.3) is 11.1 Å². The highest BCUT2D eigenvalue weighted by molar-refractivity contribution is 8.18. The lowest BCUT2D eigenvalue weighted by Crippen LogP contribution is -2.36. The third kappa shape index (κ3) is 5.01. The van der Waals surface area contributed by atoms with Crippen molar-refractivity contribution in [3.63, 3.8) is 0 Å². The van der Waals surface area contributed by atoms with Crippen LogP contribution in [0.5, 0.6) is 0 Å². The topological polar surface area (TPSA) is 79.6 Å². The summed E-state index contributed by atoms with van der Waals surface area (Å²) in [5.41, 5.74) is -0.474. The van der Waals surface area contributed by atoms with Gasteiger partial charge in [-0.3, -0.25) is 19.3 Å². The number of hydrogen-bond donors (Lipinski definition) is 1. The van der Waals surface area contributed by atoms with Gasteiger partial charge in [0.2, 0.25) is 5.91 Å². The SMILES string of the molecule is O=C(CN1C(=O)S/C(=C/c2ccc(-c3ccccc3C(F)(F)F)o2)C1=O)Nc1ccccc1. The van der Waals surface area contributed by atoms with E-state index in [2.05, 4.69) is 5.32 Å². The molecule has 33 heavy (non-hydrogen) atoms. The molecule has 4 rings (SSSR count). The molecule has 168 valence electrons. The molecular formula is C23H15F3N2O4S. The molecule has 2 heterocycles. The lowest BCUT2D eigenvalue weighted by atomic mass is 10.1. The molecule has 1 aliphatic rings. The second-order valence-corrected chi connectivity index (χ2v) is 7.92. The molecule has 1 aromatic heterocycles. The summed E-state index contributed by atoms with van der Waals surface area (Å²) in [6.07, 6.45) is -3.30. The third-order valence-electron chi connectivity index (χ3n) is 4.63. The summed E-state index contributed by atoms with van der Waals surface area (Å²) in [6, 6.07) is 16.3. The zero-order valence-electron chi connectivity index (χ0n) is 16.8. The average molecular weight is 472 g/mol. The van der Waals surface area contributed by atoms with Crippen LogP contribution in [0.15, 0.2) is 76.1 Å². The number of imide groups is 1. The van der Waals surface area contributed by atoms with E-state index in [0.717, 1.165) is 11.0 Å². The van der Waals surface area contributed by atoms with Crippen LogP contribution in [0.1, 0.15) is 11.3 Å². The smallest absolute Gasteiger partial charge is 0.417 e. The van der Waals surface area contributed by atoms with Crippen LogP contribution in [0.25, 0.3) is 17.4 Å². The van der Waals surface area contributed by atoms with Gasteiger partial charge in [-0.15, -0.1) is 0 Å². The first-order chi connectivity index (χ1) is 15.7. The maximum absolute atomic E-state index is 13.3. The molecule has 0 unspecified atom stereocenters. The predicted molar refractivity (Wildman–Crippen MR) is 117 cm³/mol. The molecular weight excluding hydrogens is 457 g/mol. The van der Waals surface area contributed by atoms with Gasteiger partial charge < -0.3 is 9.73 Å². The van der Waals surface area contributed by atoms with Crippen molar-refractivity contribution in [2.24, 2.45) is 0 Å². The minimum atomic E-state index is -4.56. The number of amides is 3. The lowest BCUT2D eigenvalue weighted by molar-refractivity contribution is -0.137. The Kier molecular flexibility index (Phi) is 6.10. The maximum Gasteiger partial charge on any atom is 0.417 e. The van der Waals surface area contributed by atoms with Gasteiger partial charge in [-0.2, -0.15) is 13.2 Å². The first-order valence-electron chi connectivity index (χ1n) is 9.59. The minimum absolute atomic E-state index is 0.00230. The van der Waals surface area contributed by atoms with E-state index in [9.17, 15) is 27.6 Å². The summed E-state index contributed by atoms with van der Waals surface area (Å²) < 4.78 is 45.3. The van der Waals surface area contributed by atoms with Crippen molar-refractivity contribution in [3.05, 3.63) is 83.0 Å². The van der Waals surface area contributed by atoms with Gasteiger partial charge in [0.15, 0.2) is 0 Å².